The van der Waals surface area contributed by atoms with Gasteiger partial charge in [0.2, 0.25) is 0 Å². The van der Waals surface area contributed by atoms with Gasteiger partial charge in [0.1, 0.15) is 0 Å². The number of aromatic nitrogens is 3. The van der Waals surface area contributed by atoms with Crippen molar-refractivity contribution < 1.29 is 4.79 Å². The van der Waals surface area contributed by atoms with Gasteiger partial charge in [-0.1, -0.05) is 24.3 Å². The highest BCUT2D eigenvalue weighted by atomic mass is 16.1. The van der Waals surface area contributed by atoms with Gasteiger partial charge >= 0.3 is 0 Å². The van der Waals surface area contributed by atoms with Crippen LogP contribution in [0.1, 0.15) is 21.9 Å². The Kier molecular flexibility index (Phi) is 3.16. The summed E-state index contributed by atoms with van der Waals surface area (Å²) in [5, 5.41) is 10.6. The molecule has 0 fully saturated rings. The number of H-pyrrole nitrogens is 1. The maximum absolute atomic E-state index is 12.2. The number of nitrogens with zero attached hydrogens (tertiary/aromatic N) is 2. The zero-order valence-corrected chi connectivity index (χ0v) is 11.1. The van der Waals surface area contributed by atoms with Crippen LogP contribution in [0, 0.1) is 6.92 Å². The van der Waals surface area contributed by atoms with Crippen LogP contribution < -0.4 is 5.32 Å². The van der Waals surface area contributed by atoms with Gasteiger partial charge in [-0.05, 0) is 25.1 Å². The fraction of sp³-hybridized carbons (Fsp3) is 0.133. The Labute approximate surface area is 116 Å². The fourth-order valence-electron chi connectivity index (χ4n) is 2.09. The van der Waals surface area contributed by atoms with Crippen LogP contribution >= 0.6 is 0 Å². The Morgan fingerprint density at radius 2 is 2.05 bits per heavy atom. The number of carbonyl (C=O) groups is 1. The van der Waals surface area contributed by atoms with E-state index in [4.69, 9.17) is 0 Å². The summed E-state index contributed by atoms with van der Waals surface area (Å²) in [6.45, 7) is 2.31. The Bertz CT molecular complexity index is 763. The number of rotatable bonds is 3. The molecule has 3 rings (SSSR count). The van der Waals surface area contributed by atoms with Crippen molar-refractivity contribution in [1.29, 1.82) is 0 Å². The van der Waals surface area contributed by atoms with Gasteiger partial charge in [0.15, 0.2) is 5.69 Å². The Morgan fingerprint density at radius 1 is 1.20 bits per heavy atom. The molecular weight excluding hydrogens is 252 g/mol. The number of pyridine rings is 1. The van der Waals surface area contributed by atoms with E-state index in [0.717, 1.165) is 22.3 Å². The smallest absolute Gasteiger partial charge is 0.272 e. The predicted octanol–water partition coefficient (Wildman–Crippen LogP) is 2.20. The minimum atomic E-state index is -0.203. The molecule has 5 heteroatoms. The summed E-state index contributed by atoms with van der Waals surface area (Å²) >= 11 is 0. The quantitative estimate of drug-likeness (QED) is 0.763. The molecule has 3 aromatic rings. The molecule has 0 atom stereocenters. The van der Waals surface area contributed by atoms with E-state index >= 15 is 0 Å². The topological polar surface area (TPSA) is 70.7 Å². The summed E-state index contributed by atoms with van der Waals surface area (Å²) in [6, 6.07) is 13.3. The normalized spacial score (nSPS) is 10.7. The lowest BCUT2D eigenvalue weighted by molar-refractivity contribution is 0.0947. The van der Waals surface area contributed by atoms with Crippen LogP contribution in [-0.4, -0.2) is 21.1 Å². The number of benzene rings is 1. The Hall–Kier alpha value is -2.69. The van der Waals surface area contributed by atoms with Crippen molar-refractivity contribution in [2.75, 3.05) is 0 Å². The molecule has 0 aliphatic heterocycles. The molecule has 0 saturated heterocycles. The van der Waals surface area contributed by atoms with E-state index < -0.39 is 0 Å². The van der Waals surface area contributed by atoms with Crippen molar-refractivity contribution >= 4 is 16.8 Å². The number of hydrogen-bond acceptors (Lipinski definition) is 3. The average molecular weight is 266 g/mol. The molecule has 0 saturated carbocycles. The second-order valence-electron chi connectivity index (χ2n) is 4.57. The van der Waals surface area contributed by atoms with Crippen molar-refractivity contribution in [1.82, 2.24) is 20.5 Å². The molecule has 2 N–H and O–H groups in total. The summed E-state index contributed by atoms with van der Waals surface area (Å²) < 4.78 is 0. The van der Waals surface area contributed by atoms with Gasteiger partial charge < -0.3 is 5.32 Å². The molecule has 5 nitrogen and oxygen atoms in total. The first-order chi connectivity index (χ1) is 9.74. The van der Waals surface area contributed by atoms with E-state index in [-0.39, 0.29) is 5.91 Å². The van der Waals surface area contributed by atoms with Crippen molar-refractivity contribution in [3.8, 4) is 0 Å². The van der Waals surface area contributed by atoms with E-state index in [1.54, 1.807) is 0 Å². The van der Waals surface area contributed by atoms with Crippen LogP contribution in [-0.2, 0) is 6.54 Å². The number of aromatic amines is 1. The third-order valence-electron chi connectivity index (χ3n) is 3.06. The zero-order valence-electron chi connectivity index (χ0n) is 11.1. The minimum Gasteiger partial charge on any atom is -0.345 e. The maximum Gasteiger partial charge on any atom is 0.272 e. The number of aryl methyl sites for hydroxylation is 1. The number of carbonyl (C=O) groups excluding carboxylic acids is 1. The molecule has 20 heavy (non-hydrogen) atoms. The second kappa shape index (κ2) is 5.13. The van der Waals surface area contributed by atoms with E-state index in [0.29, 0.717) is 12.2 Å². The first-order valence-corrected chi connectivity index (χ1v) is 6.38. The van der Waals surface area contributed by atoms with Gasteiger partial charge in [-0.2, -0.15) is 5.10 Å². The molecule has 1 aromatic carbocycles. The molecule has 0 bridgehead atoms. The van der Waals surface area contributed by atoms with Crippen LogP contribution in [0.4, 0.5) is 0 Å². The molecular formula is C15H14N4O. The number of nitrogens with one attached hydrogen (secondary N) is 2. The lowest BCUT2D eigenvalue weighted by atomic mass is 10.2. The molecule has 0 spiro atoms. The van der Waals surface area contributed by atoms with Crippen LogP contribution in [0.5, 0.6) is 0 Å². The molecule has 0 unspecified atom stereocenters. The number of hydrogen-bond donors (Lipinski definition) is 2. The summed E-state index contributed by atoms with van der Waals surface area (Å²) in [7, 11) is 0. The molecule has 2 aromatic heterocycles. The maximum atomic E-state index is 12.2. The number of amides is 1. The SMILES string of the molecule is Cc1cccc(CNC(=O)c2n[nH]c3ccccc23)n1. The lowest BCUT2D eigenvalue weighted by Gasteiger charge is -2.04. The largest absolute Gasteiger partial charge is 0.345 e. The number of fused-ring (bicyclic) bond motifs is 1. The summed E-state index contributed by atoms with van der Waals surface area (Å²) in [6.07, 6.45) is 0. The predicted molar refractivity (Wildman–Crippen MR) is 76.2 cm³/mol. The van der Waals surface area contributed by atoms with E-state index in [2.05, 4.69) is 20.5 Å². The molecule has 2 heterocycles. The summed E-state index contributed by atoms with van der Waals surface area (Å²) in [5.74, 6) is -0.203. The van der Waals surface area contributed by atoms with Gasteiger partial charge in [0, 0.05) is 11.1 Å². The lowest BCUT2D eigenvalue weighted by Crippen LogP contribution is -2.24. The van der Waals surface area contributed by atoms with Gasteiger partial charge in [-0.3, -0.25) is 14.9 Å². The monoisotopic (exact) mass is 266 g/mol. The van der Waals surface area contributed by atoms with Gasteiger partial charge in [0.05, 0.1) is 17.8 Å². The van der Waals surface area contributed by atoms with Crippen LogP contribution in [0.2, 0.25) is 0 Å². The fourth-order valence-corrected chi connectivity index (χ4v) is 2.09. The van der Waals surface area contributed by atoms with Crippen molar-refractivity contribution in [3.63, 3.8) is 0 Å². The first kappa shape index (κ1) is 12.3. The zero-order chi connectivity index (χ0) is 13.9. The molecule has 1 amide bonds. The van der Waals surface area contributed by atoms with E-state index in [1.165, 1.54) is 0 Å². The second-order valence-corrected chi connectivity index (χ2v) is 4.57. The molecule has 0 aliphatic rings. The first-order valence-electron chi connectivity index (χ1n) is 6.38. The molecule has 0 aliphatic carbocycles. The highest BCUT2D eigenvalue weighted by molar-refractivity contribution is 6.04. The van der Waals surface area contributed by atoms with E-state index in [9.17, 15) is 4.79 Å². The average Bonchev–Trinajstić information content (AvgIpc) is 2.89. The van der Waals surface area contributed by atoms with Crippen molar-refractivity contribution in [2.24, 2.45) is 0 Å². The van der Waals surface area contributed by atoms with Gasteiger partial charge in [-0.15, -0.1) is 0 Å². The number of para-hydroxylation sites is 1. The van der Waals surface area contributed by atoms with Crippen molar-refractivity contribution in [3.05, 3.63) is 59.5 Å². The minimum absolute atomic E-state index is 0.203. The Morgan fingerprint density at radius 3 is 2.90 bits per heavy atom. The molecule has 100 valence electrons. The Balaban J connectivity index is 1.76. The molecule has 0 radical (unpaired) electrons. The highest BCUT2D eigenvalue weighted by Crippen LogP contribution is 2.14. The van der Waals surface area contributed by atoms with Crippen LogP contribution in [0.25, 0.3) is 10.9 Å². The highest BCUT2D eigenvalue weighted by Gasteiger charge is 2.13. The van der Waals surface area contributed by atoms with Crippen LogP contribution in [0.3, 0.4) is 0 Å². The van der Waals surface area contributed by atoms with Gasteiger partial charge in [-0.25, -0.2) is 0 Å². The third kappa shape index (κ3) is 2.38. The van der Waals surface area contributed by atoms with Crippen LogP contribution in [0.15, 0.2) is 42.5 Å². The third-order valence-corrected chi connectivity index (χ3v) is 3.06. The summed E-state index contributed by atoms with van der Waals surface area (Å²) in [4.78, 5) is 16.5. The van der Waals surface area contributed by atoms with Crippen molar-refractivity contribution in [2.45, 2.75) is 13.5 Å². The standard InChI is InChI=1S/C15H14N4O/c1-10-5-4-6-11(17-10)9-16-15(20)14-12-7-2-3-8-13(12)18-19-14/h2-8H,9H2,1H3,(H,16,20)(H,18,19). The summed E-state index contributed by atoms with van der Waals surface area (Å²) in [5.41, 5.74) is 3.03. The van der Waals surface area contributed by atoms with Gasteiger partial charge in [0.25, 0.3) is 5.91 Å². The van der Waals surface area contributed by atoms with E-state index in [1.807, 2.05) is 49.4 Å².